The molecule has 1 aromatic carbocycles. The summed E-state index contributed by atoms with van der Waals surface area (Å²) in [5.41, 5.74) is 2.56. The van der Waals surface area contributed by atoms with Crippen LogP contribution in [0.2, 0.25) is 0 Å². The van der Waals surface area contributed by atoms with Crippen molar-refractivity contribution in [2.24, 2.45) is 0 Å². The minimum Gasteiger partial charge on any atom is -0.327 e. The van der Waals surface area contributed by atoms with E-state index in [0.717, 1.165) is 39.9 Å². The average molecular weight is 419 g/mol. The van der Waals surface area contributed by atoms with E-state index in [-0.39, 0.29) is 5.56 Å². The van der Waals surface area contributed by atoms with Gasteiger partial charge in [0, 0.05) is 14.9 Å². The first-order chi connectivity index (χ1) is 12.1. The molecule has 1 aliphatic carbocycles. The lowest BCUT2D eigenvalue weighted by Gasteiger charge is -2.13. The van der Waals surface area contributed by atoms with Gasteiger partial charge in [0.1, 0.15) is 17.9 Å². The van der Waals surface area contributed by atoms with Gasteiger partial charge in [-0.15, -0.1) is 11.3 Å². The zero-order chi connectivity index (χ0) is 17.4. The first-order valence-electron chi connectivity index (χ1n) is 8.69. The largest absolute Gasteiger partial charge is 0.327 e. The van der Waals surface area contributed by atoms with E-state index in [2.05, 4.69) is 52.2 Å². The number of quaternary nitrogens is 1. The fraction of sp³-hybridized carbons (Fsp3) is 0.368. The van der Waals surface area contributed by atoms with Crippen molar-refractivity contribution in [3.63, 3.8) is 0 Å². The van der Waals surface area contributed by atoms with Crippen LogP contribution in [0.15, 0.2) is 33.5 Å². The van der Waals surface area contributed by atoms with Gasteiger partial charge >= 0.3 is 0 Å². The topological polar surface area (TPSA) is 50.2 Å². The van der Waals surface area contributed by atoms with E-state index in [4.69, 9.17) is 4.98 Å². The van der Waals surface area contributed by atoms with Gasteiger partial charge < -0.3 is 9.88 Å². The molecule has 0 radical (unpaired) electrons. The van der Waals surface area contributed by atoms with Gasteiger partial charge in [-0.25, -0.2) is 4.98 Å². The lowest BCUT2D eigenvalue weighted by Crippen LogP contribution is -3.06. The molecule has 0 aliphatic heterocycles. The molecule has 4 rings (SSSR count). The first-order valence-corrected chi connectivity index (χ1v) is 10.3. The Hall–Kier alpha value is -1.50. The van der Waals surface area contributed by atoms with E-state index in [0.29, 0.717) is 6.54 Å². The predicted octanol–water partition coefficient (Wildman–Crippen LogP) is 2.84. The number of hydrogen-bond acceptors (Lipinski definition) is 3. The third-order valence-corrected chi connectivity index (χ3v) is 6.48. The minimum atomic E-state index is 0.0378. The maximum Gasteiger partial charge on any atom is 0.260 e. The van der Waals surface area contributed by atoms with Crippen LogP contribution in [-0.2, 0) is 25.9 Å². The summed E-state index contributed by atoms with van der Waals surface area (Å²) in [7, 11) is 2.13. The highest BCUT2D eigenvalue weighted by Gasteiger charge is 2.20. The van der Waals surface area contributed by atoms with Crippen LogP contribution in [0.5, 0.6) is 0 Å². The lowest BCUT2D eigenvalue weighted by atomic mass is 9.97. The lowest BCUT2D eigenvalue weighted by molar-refractivity contribution is -0.908. The van der Waals surface area contributed by atoms with Gasteiger partial charge in [0.25, 0.3) is 5.56 Å². The number of aromatic nitrogens is 2. The Bertz CT molecular complexity index is 961. The molecular weight excluding hydrogens is 398 g/mol. The molecule has 0 fully saturated rings. The van der Waals surface area contributed by atoms with Crippen molar-refractivity contribution in [1.29, 1.82) is 0 Å². The standard InChI is InChI=1S/C19H20BrN3OS/c1-23(10-12-6-8-13(20)9-7-12)11-16-21-18(24)17-14-4-2-3-5-15(14)25-19(17)22-16/h6-9H,2-5,10-11H2,1H3,(H,21,22,24)/p+1. The molecule has 0 saturated heterocycles. The van der Waals surface area contributed by atoms with E-state index in [1.807, 2.05) is 0 Å². The monoisotopic (exact) mass is 418 g/mol. The highest BCUT2D eigenvalue weighted by atomic mass is 79.9. The number of fused-ring (bicyclic) bond motifs is 3. The Kier molecular flexibility index (Phi) is 4.75. The molecule has 0 amide bonds. The number of aryl methyl sites for hydroxylation is 2. The second-order valence-electron chi connectivity index (χ2n) is 6.84. The molecule has 2 aromatic heterocycles. The molecule has 130 valence electrons. The van der Waals surface area contributed by atoms with Gasteiger partial charge in [0.15, 0.2) is 5.82 Å². The van der Waals surface area contributed by atoms with Crippen LogP contribution in [0, 0.1) is 0 Å². The molecular formula is C19H21BrN3OS+. The van der Waals surface area contributed by atoms with Gasteiger partial charge in [0.05, 0.1) is 12.4 Å². The van der Waals surface area contributed by atoms with Crippen LogP contribution in [-0.4, -0.2) is 17.0 Å². The molecule has 2 heterocycles. The zero-order valence-corrected chi connectivity index (χ0v) is 16.6. The van der Waals surface area contributed by atoms with Crippen LogP contribution in [0.1, 0.15) is 34.7 Å². The van der Waals surface area contributed by atoms with E-state index >= 15 is 0 Å². The van der Waals surface area contributed by atoms with Gasteiger partial charge in [-0.2, -0.15) is 0 Å². The number of hydrogen-bond donors (Lipinski definition) is 2. The van der Waals surface area contributed by atoms with Crippen molar-refractivity contribution in [3.05, 3.63) is 60.9 Å². The number of nitrogens with one attached hydrogen (secondary N) is 2. The van der Waals surface area contributed by atoms with Crippen LogP contribution < -0.4 is 10.5 Å². The van der Waals surface area contributed by atoms with Gasteiger partial charge in [0.2, 0.25) is 0 Å². The molecule has 0 saturated carbocycles. The number of halogens is 1. The van der Waals surface area contributed by atoms with Gasteiger partial charge in [-0.05, 0) is 43.4 Å². The van der Waals surface area contributed by atoms with E-state index < -0.39 is 0 Å². The van der Waals surface area contributed by atoms with Crippen molar-refractivity contribution in [2.45, 2.75) is 38.8 Å². The minimum absolute atomic E-state index is 0.0378. The molecule has 0 spiro atoms. The summed E-state index contributed by atoms with van der Waals surface area (Å²) in [6.07, 6.45) is 4.53. The predicted molar refractivity (Wildman–Crippen MR) is 105 cm³/mol. The second-order valence-corrected chi connectivity index (χ2v) is 8.84. The summed E-state index contributed by atoms with van der Waals surface area (Å²) in [4.78, 5) is 24.0. The maximum absolute atomic E-state index is 12.6. The Balaban J connectivity index is 1.57. The van der Waals surface area contributed by atoms with Crippen molar-refractivity contribution < 1.29 is 4.90 Å². The van der Waals surface area contributed by atoms with Gasteiger partial charge in [-0.3, -0.25) is 4.79 Å². The third kappa shape index (κ3) is 3.57. The van der Waals surface area contributed by atoms with Crippen molar-refractivity contribution in [3.8, 4) is 0 Å². The van der Waals surface area contributed by atoms with Crippen LogP contribution in [0.25, 0.3) is 10.2 Å². The number of thiophene rings is 1. The number of rotatable bonds is 4. The average Bonchev–Trinajstić information content (AvgIpc) is 2.95. The quantitative estimate of drug-likeness (QED) is 0.684. The molecule has 0 bridgehead atoms. The SMILES string of the molecule is C[NH+](Cc1ccc(Br)cc1)Cc1nc2sc3c(c2c(=O)[nH]1)CCCC3. The van der Waals surface area contributed by atoms with Crippen molar-refractivity contribution >= 4 is 37.5 Å². The first kappa shape index (κ1) is 16.9. The molecule has 25 heavy (non-hydrogen) atoms. The van der Waals surface area contributed by atoms with E-state index in [1.54, 1.807) is 11.3 Å². The van der Waals surface area contributed by atoms with E-state index in [1.165, 1.54) is 33.7 Å². The Morgan fingerprint density at radius 3 is 2.76 bits per heavy atom. The van der Waals surface area contributed by atoms with Crippen LogP contribution >= 0.6 is 27.3 Å². The van der Waals surface area contributed by atoms with Crippen molar-refractivity contribution in [2.75, 3.05) is 7.05 Å². The highest BCUT2D eigenvalue weighted by Crippen LogP contribution is 2.33. The molecule has 1 atom stereocenters. The number of H-pyrrole nitrogens is 1. The molecule has 2 N–H and O–H groups in total. The number of nitrogens with zero attached hydrogens (tertiary/aromatic N) is 1. The van der Waals surface area contributed by atoms with Gasteiger partial charge in [-0.1, -0.05) is 28.1 Å². The highest BCUT2D eigenvalue weighted by molar-refractivity contribution is 9.10. The Morgan fingerprint density at radius 2 is 1.96 bits per heavy atom. The summed E-state index contributed by atoms with van der Waals surface area (Å²) in [5, 5.41) is 0.842. The fourth-order valence-electron chi connectivity index (χ4n) is 3.59. The zero-order valence-electron chi connectivity index (χ0n) is 14.2. The summed E-state index contributed by atoms with van der Waals surface area (Å²) in [5.74, 6) is 0.783. The molecule has 1 unspecified atom stereocenters. The molecule has 6 heteroatoms. The third-order valence-electron chi connectivity index (χ3n) is 4.76. The molecule has 1 aliphatic rings. The summed E-state index contributed by atoms with van der Waals surface area (Å²) >= 11 is 5.18. The Labute approximate surface area is 159 Å². The normalized spacial score (nSPS) is 15.3. The summed E-state index contributed by atoms with van der Waals surface area (Å²) in [6.45, 7) is 1.61. The maximum atomic E-state index is 12.6. The van der Waals surface area contributed by atoms with Crippen molar-refractivity contribution in [1.82, 2.24) is 9.97 Å². The summed E-state index contributed by atoms with van der Waals surface area (Å²) < 4.78 is 1.09. The molecule has 3 aromatic rings. The van der Waals surface area contributed by atoms with Crippen LogP contribution in [0.3, 0.4) is 0 Å². The van der Waals surface area contributed by atoms with Crippen LogP contribution in [0.4, 0.5) is 0 Å². The Morgan fingerprint density at radius 1 is 1.20 bits per heavy atom. The fourth-order valence-corrected chi connectivity index (χ4v) is 5.14. The second kappa shape index (κ2) is 7.02. The number of benzene rings is 1. The number of aromatic amines is 1. The van der Waals surface area contributed by atoms with E-state index in [9.17, 15) is 4.79 Å². The smallest absolute Gasteiger partial charge is 0.260 e. The summed E-state index contributed by atoms with van der Waals surface area (Å²) in [6, 6.07) is 8.37. The molecule has 4 nitrogen and oxygen atoms in total.